The van der Waals surface area contributed by atoms with E-state index in [2.05, 4.69) is 14.8 Å². The van der Waals surface area contributed by atoms with E-state index in [-0.39, 0.29) is 17.5 Å². The number of hydrogen-bond donors (Lipinski definition) is 5. The van der Waals surface area contributed by atoms with Crippen molar-refractivity contribution >= 4 is 15.9 Å². The Hall–Kier alpha value is -1.35. The minimum atomic E-state index is -3.72. The van der Waals surface area contributed by atoms with Gasteiger partial charge in [0.25, 0.3) is 10.2 Å². The van der Waals surface area contributed by atoms with E-state index in [1.165, 1.54) is 19.2 Å². The number of aliphatic hydroxyl groups is 1. The van der Waals surface area contributed by atoms with Crippen LogP contribution in [-0.2, 0) is 10.2 Å². The van der Waals surface area contributed by atoms with Crippen molar-refractivity contribution in [2.45, 2.75) is 31.4 Å². The second kappa shape index (κ2) is 6.61. The molecule has 0 amide bonds. The number of aliphatic hydroxyl groups excluding tert-OH is 1. The molecule has 0 bridgehead atoms. The van der Waals surface area contributed by atoms with Gasteiger partial charge >= 0.3 is 0 Å². The Kier molecular flexibility index (Phi) is 5.04. The molecule has 1 heterocycles. The van der Waals surface area contributed by atoms with Crippen LogP contribution in [0.4, 0.5) is 5.69 Å². The predicted molar refractivity (Wildman–Crippen MR) is 80.3 cm³/mol. The van der Waals surface area contributed by atoms with Crippen LogP contribution in [0.2, 0.25) is 0 Å². The summed E-state index contributed by atoms with van der Waals surface area (Å²) in [6.45, 7) is 0.860. The zero-order valence-corrected chi connectivity index (χ0v) is 12.7. The van der Waals surface area contributed by atoms with E-state index < -0.39 is 16.3 Å². The number of phenols is 1. The zero-order valence-electron chi connectivity index (χ0n) is 11.8. The summed E-state index contributed by atoms with van der Waals surface area (Å²) in [5.74, 6) is -0.193. The summed E-state index contributed by atoms with van der Waals surface area (Å²) in [5.41, 5.74) is 0.595. The van der Waals surface area contributed by atoms with Gasteiger partial charge in [-0.1, -0.05) is 12.5 Å². The number of hydrogen-bond acceptors (Lipinski definition) is 5. The molecule has 0 saturated carbocycles. The molecule has 0 spiro atoms. The molecule has 0 aliphatic carbocycles. The molecule has 1 fully saturated rings. The lowest BCUT2D eigenvalue weighted by Crippen LogP contribution is -2.38. The highest BCUT2D eigenvalue weighted by molar-refractivity contribution is 7.90. The van der Waals surface area contributed by atoms with Crippen molar-refractivity contribution in [2.75, 3.05) is 18.3 Å². The lowest BCUT2D eigenvalue weighted by Gasteiger charge is -2.28. The molecule has 2 atom stereocenters. The maximum absolute atomic E-state index is 11.5. The summed E-state index contributed by atoms with van der Waals surface area (Å²) in [7, 11) is -2.45. The summed E-state index contributed by atoms with van der Waals surface area (Å²) in [6.07, 6.45) is 2.25. The smallest absolute Gasteiger partial charge is 0.298 e. The van der Waals surface area contributed by atoms with Gasteiger partial charge < -0.3 is 15.5 Å². The molecule has 1 aliphatic rings. The minimum Gasteiger partial charge on any atom is -0.506 e. The fraction of sp³-hybridized carbons (Fsp3) is 0.538. The van der Waals surface area contributed by atoms with Gasteiger partial charge in [-0.25, -0.2) is 4.72 Å². The summed E-state index contributed by atoms with van der Waals surface area (Å²) in [6, 6.07) is 4.35. The molecule has 1 aromatic carbocycles. The first-order valence-electron chi connectivity index (χ1n) is 6.88. The first-order chi connectivity index (χ1) is 9.93. The van der Waals surface area contributed by atoms with E-state index in [1.54, 1.807) is 6.07 Å². The van der Waals surface area contributed by atoms with Gasteiger partial charge in [0, 0.05) is 13.1 Å². The summed E-state index contributed by atoms with van der Waals surface area (Å²) < 4.78 is 27.3. The van der Waals surface area contributed by atoms with Gasteiger partial charge in [-0.05, 0) is 37.1 Å². The Labute approximate surface area is 124 Å². The minimum absolute atomic E-state index is 0.0386. The first-order valence-corrected chi connectivity index (χ1v) is 8.37. The maximum Gasteiger partial charge on any atom is 0.298 e. The van der Waals surface area contributed by atoms with Crippen LogP contribution in [0.15, 0.2) is 18.2 Å². The first kappa shape index (κ1) is 16.0. The average molecular weight is 315 g/mol. The van der Waals surface area contributed by atoms with E-state index in [0.29, 0.717) is 5.56 Å². The predicted octanol–water partition coefficient (Wildman–Crippen LogP) is 0.444. The van der Waals surface area contributed by atoms with Crippen LogP contribution in [-0.4, -0.2) is 38.3 Å². The molecule has 2 unspecified atom stereocenters. The third-order valence-corrected chi connectivity index (χ3v) is 4.63. The summed E-state index contributed by atoms with van der Waals surface area (Å²) >= 11 is 0. The number of aromatic hydroxyl groups is 1. The van der Waals surface area contributed by atoms with E-state index in [1.807, 2.05) is 0 Å². The summed E-state index contributed by atoms with van der Waals surface area (Å²) in [5, 5.41) is 23.4. The Bertz CT molecular complexity index is 585. The van der Waals surface area contributed by atoms with E-state index in [9.17, 15) is 18.6 Å². The van der Waals surface area contributed by atoms with E-state index >= 15 is 0 Å². The average Bonchev–Trinajstić information content (AvgIpc) is 2.49. The highest BCUT2D eigenvalue weighted by Gasteiger charge is 2.23. The van der Waals surface area contributed by atoms with Gasteiger partial charge in [-0.3, -0.25) is 4.72 Å². The lowest BCUT2D eigenvalue weighted by atomic mass is 9.94. The molecule has 21 heavy (non-hydrogen) atoms. The quantitative estimate of drug-likeness (QED) is 0.507. The topological polar surface area (TPSA) is 111 Å². The lowest BCUT2D eigenvalue weighted by molar-refractivity contribution is 0.114. The number of nitrogens with one attached hydrogen (secondary N) is 3. The number of rotatable bonds is 5. The number of piperidine rings is 1. The zero-order chi connectivity index (χ0) is 15.5. The molecule has 7 nitrogen and oxygen atoms in total. The van der Waals surface area contributed by atoms with Gasteiger partial charge in [0.2, 0.25) is 0 Å². The number of anilines is 1. The molecule has 0 radical (unpaired) electrons. The van der Waals surface area contributed by atoms with Crippen LogP contribution >= 0.6 is 0 Å². The molecule has 5 N–H and O–H groups in total. The van der Waals surface area contributed by atoms with Crippen molar-refractivity contribution in [1.29, 1.82) is 0 Å². The van der Waals surface area contributed by atoms with E-state index in [0.717, 1.165) is 25.8 Å². The van der Waals surface area contributed by atoms with E-state index in [4.69, 9.17) is 0 Å². The van der Waals surface area contributed by atoms with Crippen LogP contribution in [0, 0.1) is 0 Å². The molecular weight excluding hydrogens is 294 g/mol. The monoisotopic (exact) mass is 315 g/mol. The molecule has 118 valence electrons. The van der Waals surface area contributed by atoms with Gasteiger partial charge in [0.15, 0.2) is 0 Å². The second-order valence-electron chi connectivity index (χ2n) is 5.09. The van der Waals surface area contributed by atoms with Gasteiger partial charge in [-0.15, -0.1) is 0 Å². The van der Waals surface area contributed by atoms with Crippen molar-refractivity contribution in [3.05, 3.63) is 23.8 Å². The number of benzene rings is 1. The van der Waals surface area contributed by atoms with Crippen LogP contribution in [0.1, 0.15) is 30.9 Å². The highest BCUT2D eigenvalue weighted by Crippen LogP contribution is 2.30. The Balaban J connectivity index is 2.21. The largest absolute Gasteiger partial charge is 0.506 e. The molecule has 0 aromatic heterocycles. The normalized spacial score (nSPS) is 21.0. The third kappa shape index (κ3) is 4.07. The van der Waals surface area contributed by atoms with Gasteiger partial charge in [-0.2, -0.15) is 8.42 Å². The summed E-state index contributed by atoms with van der Waals surface area (Å²) in [4.78, 5) is 0. The number of phenolic OH excluding ortho intramolecular Hbond substituents is 1. The maximum atomic E-state index is 11.5. The van der Waals surface area contributed by atoms with Crippen LogP contribution < -0.4 is 14.8 Å². The third-order valence-electron chi connectivity index (χ3n) is 3.60. The molecule has 1 saturated heterocycles. The van der Waals surface area contributed by atoms with Gasteiger partial charge in [0.05, 0.1) is 11.8 Å². The molecule has 8 heteroatoms. The standard InChI is InChI=1S/C13H21N3O4S/c1-14-21(19,20)16-11-8-9(5-6-12(11)17)13(18)10-4-2-3-7-15-10/h5-6,8,10,13-18H,2-4,7H2,1H3. The van der Waals surface area contributed by atoms with Crippen molar-refractivity contribution < 1.29 is 18.6 Å². The molecular formula is C13H21N3O4S. The van der Waals surface area contributed by atoms with Crippen molar-refractivity contribution in [3.63, 3.8) is 0 Å². The molecule has 1 aromatic rings. The van der Waals surface area contributed by atoms with Crippen molar-refractivity contribution in [3.8, 4) is 5.75 Å². The fourth-order valence-corrected chi connectivity index (χ4v) is 2.95. The van der Waals surface area contributed by atoms with Crippen LogP contribution in [0.25, 0.3) is 0 Å². The second-order valence-corrected chi connectivity index (χ2v) is 6.71. The molecule has 2 rings (SSSR count). The van der Waals surface area contributed by atoms with Crippen LogP contribution in [0.5, 0.6) is 5.75 Å². The fourth-order valence-electron chi connectivity index (χ4n) is 2.40. The van der Waals surface area contributed by atoms with Crippen molar-refractivity contribution in [1.82, 2.24) is 10.0 Å². The molecule has 1 aliphatic heterocycles. The van der Waals surface area contributed by atoms with Crippen molar-refractivity contribution in [2.24, 2.45) is 0 Å². The Morgan fingerprint density at radius 3 is 2.76 bits per heavy atom. The Morgan fingerprint density at radius 2 is 2.14 bits per heavy atom. The highest BCUT2D eigenvalue weighted by atomic mass is 32.2. The SMILES string of the molecule is CNS(=O)(=O)Nc1cc(C(O)C2CCCCN2)ccc1O. The van der Waals surface area contributed by atoms with Crippen LogP contribution in [0.3, 0.4) is 0 Å². The van der Waals surface area contributed by atoms with Gasteiger partial charge in [0.1, 0.15) is 5.75 Å². The Morgan fingerprint density at radius 1 is 1.38 bits per heavy atom.